The van der Waals surface area contributed by atoms with Crippen LogP contribution in [0.15, 0.2) is 24.3 Å². The van der Waals surface area contributed by atoms with Gasteiger partial charge in [0.25, 0.3) is 0 Å². The molecule has 0 bridgehead atoms. The van der Waals surface area contributed by atoms with Gasteiger partial charge in [-0.2, -0.15) is 0 Å². The van der Waals surface area contributed by atoms with Gasteiger partial charge < -0.3 is 14.4 Å². The van der Waals surface area contributed by atoms with Gasteiger partial charge in [-0.05, 0) is 36.1 Å². The zero-order chi connectivity index (χ0) is 13.9. The number of nitrogens with zero attached hydrogens (tertiary/aromatic N) is 1. The van der Waals surface area contributed by atoms with Crippen LogP contribution in [0.25, 0.3) is 5.57 Å². The lowest BCUT2D eigenvalue weighted by atomic mass is 9.90. The standard InChI is InChI=1S/C16H19NO3/c1-19-16(18)14-6-5-13(12-3-2-4-12)11-15(14)17-7-9-20-10-8-17/h3,5-6,11H,2,4,7-10H2,1H3. The second-order valence-electron chi connectivity index (χ2n) is 5.09. The van der Waals surface area contributed by atoms with E-state index in [1.165, 1.54) is 18.2 Å². The molecule has 1 aromatic carbocycles. The second-order valence-corrected chi connectivity index (χ2v) is 5.09. The molecule has 0 aromatic heterocycles. The lowest BCUT2D eigenvalue weighted by molar-refractivity contribution is 0.0600. The summed E-state index contributed by atoms with van der Waals surface area (Å²) < 4.78 is 10.3. The number of benzene rings is 1. The number of ether oxygens (including phenoxy) is 2. The van der Waals surface area contributed by atoms with Crippen molar-refractivity contribution in [3.05, 3.63) is 35.4 Å². The maximum absolute atomic E-state index is 11.9. The highest BCUT2D eigenvalue weighted by Gasteiger charge is 2.21. The van der Waals surface area contributed by atoms with E-state index in [9.17, 15) is 4.79 Å². The van der Waals surface area contributed by atoms with Crippen LogP contribution in [0.2, 0.25) is 0 Å². The molecule has 0 spiro atoms. The van der Waals surface area contributed by atoms with E-state index in [2.05, 4.69) is 17.0 Å². The highest BCUT2D eigenvalue weighted by Crippen LogP contribution is 2.33. The summed E-state index contributed by atoms with van der Waals surface area (Å²) in [7, 11) is 1.42. The van der Waals surface area contributed by atoms with E-state index in [1.54, 1.807) is 0 Å². The molecular weight excluding hydrogens is 254 g/mol. The SMILES string of the molecule is COC(=O)c1ccc(C2=CCC2)cc1N1CCOCC1. The smallest absolute Gasteiger partial charge is 0.339 e. The number of anilines is 1. The summed E-state index contributed by atoms with van der Waals surface area (Å²) in [6, 6.07) is 6.01. The van der Waals surface area contributed by atoms with E-state index in [0.717, 1.165) is 31.6 Å². The van der Waals surface area contributed by atoms with Crippen LogP contribution in [0.4, 0.5) is 5.69 Å². The van der Waals surface area contributed by atoms with Crippen LogP contribution in [-0.2, 0) is 9.47 Å². The van der Waals surface area contributed by atoms with Gasteiger partial charge in [0, 0.05) is 13.1 Å². The molecule has 3 rings (SSSR count). The lowest BCUT2D eigenvalue weighted by Crippen LogP contribution is -2.37. The lowest BCUT2D eigenvalue weighted by Gasteiger charge is -2.31. The Morgan fingerprint density at radius 2 is 2.05 bits per heavy atom. The van der Waals surface area contributed by atoms with E-state index in [-0.39, 0.29) is 5.97 Å². The van der Waals surface area contributed by atoms with Crippen LogP contribution in [0, 0.1) is 0 Å². The molecule has 0 atom stereocenters. The summed E-state index contributed by atoms with van der Waals surface area (Å²) >= 11 is 0. The van der Waals surface area contributed by atoms with Crippen LogP contribution < -0.4 is 4.90 Å². The average molecular weight is 273 g/mol. The van der Waals surface area contributed by atoms with Crippen molar-refractivity contribution in [2.75, 3.05) is 38.3 Å². The van der Waals surface area contributed by atoms with Crippen molar-refractivity contribution in [1.29, 1.82) is 0 Å². The van der Waals surface area contributed by atoms with E-state index in [4.69, 9.17) is 9.47 Å². The summed E-state index contributed by atoms with van der Waals surface area (Å²) in [6.45, 7) is 3.03. The fourth-order valence-electron chi connectivity index (χ4n) is 2.63. The fourth-order valence-corrected chi connectivity index (χ4v) is 2.63. The zero-order valence-corrected chi connectivity index (χ0v) is 11.7. The molecule has 0 radical (unpaired) electrons. The number of hydrogen-bond donors (Lipinski definition) is 0. The fraction of sp³-hybridized carbons (Fsp3) is 0.438. The van der Waals surface area contributed by atoms with Gasteiger partial charge in [0.05, 0.1) is 31.6 Å². The van der Waals surface area contributed by atoms with Gasteiger partial charge in [0.2, 0.25) is 0 Å². The van der Waals surface area contributed by atoms with E-state index >= 15 is 0 Å². The predicted octanol–water partition coefficient (Wildman–Crippen LogP) is 2.49. The normalized spacial score (nSPS) is 18.2. The van der Waals surface area contributed by atoms with Crippen molar-refractivity contribution in [2.24, 2.45) is 0 Å². The molecule has 4 heteroatoms. The Kier molecular flexibility index (Phi) is 3.74. The average Bonchev–Trinajstić information content (AvgIpc) is 2.45. The molecule has 20 heavy (non-hydrogen) atoms. The first-order chi connectivity index (χ1) is 9.79. The Labute approximate surface area is 119 Å². The number of carbonyl (C=O) groups is 1. The van der Waals surface area contributed by atoms with Crippen molar-refractivity contribution in [1.82, 2.24) is 0 Å². The molecule has 1 heterocycles. The van der Waals surface area contributed by atoms with Gasteiger partial charge in [-0.1, -0.05) is 12.1 Å². The first kappa shape index (κ1) is 13.2. The third-order valence-electron chi connectivity index (χ3n) is 3.93. The number of allylic oxidation sites excluding steroid dienone is 2. The van der Waals surface area contributed by atoms with E-state index in [0.29, 0.717) is 18.8 Å². The molecule has 2 aliphatic rings. The van der Waals surface area contributed by atoms with Crippen LogP contribution >= 0.6 is 0 Å². The number of morpholine rings is 1. The van der Waals surface area contributed by atoms with Gasteiger partial charge in [-0.3, -0.25) is 0 Å². The number of methoxy groups -OCH3 is 1. The van der Waals surface area contributed by atoms with Gasteiger partial charge >= 0.3 is 5.97 Å². The van der Waals surface area contributed by atoms with Crippen LogP contribution in [-0.4, -0.2) is 39.4 Å². The third-order valence-corrected chi connectivity index (χ3v) is 3.93. The number of esters is 1. The molecule has 0 amide bonds. The number of rotatable bonds is 3. The first-order valence-corrected chi connectivity index (χ1v) is 7.04. The minimum Gasteiger partial charge on any atom is -0.465 e. The third kappa shape index (κ3) is 2.43. The highest BCUT2D eigenvalue weighted by molar-refractivity contribution is 5.96. The van der Waals surface area contributed by atoms with Crippen LogP contribution in [0.1, 0.15) is 28.8 Å². The summed E-state index contributed by atoms with van der Waals surface area (Å²) in [6.07, 6.45) is 4.53. The first-order valence-electron chi connectivity index (χ1n) is 7.04. The number of carbonyl (C=O) groups excluding carboxylic acids is 1. The van der Waals surface area contributed by atoms with Crippen molar-refractivity contribution < 1.29 is 14.3 Å². The van der Waals surface area contributed by atoms with Crippen molar-refractivity contribution in [3.63, 3.8) is 0 Å². The molecule has 1 saturated heterocycles. The quantitative estimate of drug-likeness (QED) is 0.793. The molecule has 1 aliphatic heterocycles. The molecule has 0 saturated carbocycles. The molecule has 0 N–H and O–H groups in total. The van der Waals surface area contributed by atoms with E-state index < -0.39 is 0 Å². The Morgan fingerprint density at radius 3 is 2.65 bits per heavy atom. The van der Waals surface area contributed by atoms with E-state index in [1.807, 2.05) is 12.1 Å². The highest BCUT2D eigenvalue weighted by atomic mass is 16.5. The summed E-state index contributed by atoms with van der Waals surface area (Å²) in [4.78, 5) is 14.2. The van der Waals surface area contributed by atoms with Crippen molar-refractivity contribution in [2.45, 2.75) is 12.8 Å². The topological polar surface area (TPSA) is 38.8 Å². The maximum atomic E-state index is 11.9. The van der Waals surface area contributed by atoms with Gasteiger partial charge in [0.1, 0.15) is 0 Å². The number of hydrogen-bond acceptors (Lipinski definition) is 4. The molecule has 4 nitrogen and oxygen atoms in total. The van der Waals surface area contributed by atoms with Crippen LogP contribution in [0.5, 0.6) is 0 Å². The maximum Gasteiger partial charge on any atom is 0.339 e. The van der Waals surface area contributed by atoms with Crippen molar-refractivity contribution in [3.8, 4) is 0 Å². The summed E-state index contributed by atoms with van der Waals surface area (Å²) in [5.41, 5.74) is 4.19. The molecule has 1 aliphatic carbocycles. The largest absolute Gasteiger partial charge is 0.465 e. The van der Waals surface area contributed by atoms with Crippen molar-refractivity contribution >= 4 is 17.2 Å². The van der Waals surface area contributed by atoms with Gasteiger partial charge in [-0.15, -0.1) is 0 Å². The minimum atomic E-state index is -0.277. The Hall–Kier alpha value is -1.81. The zero-order valence-electron chi connectivity index (χ0n) is 11.7. The summed E-state index contributed by atoms with van der Waals surface area (Å²) in [5, 5.41) is 0. The Balaban J connectivity index is 1.98. The van der Waals surface area contributed by atoms with Gasteiger partial charge in [0.15, 0.2) is 0 Å². The van der Waals surface area contributed by atoms with Crippen LogP contribution in [0.3, 0.4) is 0 Å². The Bertz CT molecular complexity index is 545. The second kappa shape index (κ2) is 5.67. The predicted molar refractivity (Wildman–Crippen MR) is 78.0 cm³/mol. The molecule has 1 aromatic rings. The minimum absolute atomic E-state index is 0.277. The Morgan fingerprint density at radius 1 is 1.30 bits per heavy atom. The molecule has 0 unspecified atom stereocenters. The van der Waals surface area contributed by atoms with Gasteiger partial charge in [-0.25, -0.2) is 4.79 Å². The molecular formula is C16H19NO3. The molecule has 1 fully saturated rings. The monoisotopic (exact) mass is 273 g/mol. The molecule has 106 valence electrons. The summed E-state index contributed by atoms with van der Waals surface area (Å²) in [5.74, 6) is -0.277.